The summed E-state index contributed by atoms with van der Waals surface area (Å²) in [5.41, 5.74) is 0.347. The number of hydrogen-bond donors (Lipinski definition) is 1. The molecule has 0 spiro atoms. The zero-order valence-electron chi connectivity index (χ0n) is 14.8. The molecule has 0 aliphatic heterocycles. The number of phenolic OH excluding ortho intramolecular Hbond substituents is 1. The summed E-state index contributed by atoms with van der Waals surface area (Å²) in [6.45, 7) is -1.62. The molecule has 3 aromatic rings. The lowest BCUT2D eigenvalue weighted by atomic mass is 10.1. The number of phenols is 1. The van der Waals surface area contributed by atoms with Gasteiger partial charge in [0.1, 0.15) is 23.9 Å². The smallest absolute Gasteiger partial charge is 0.387 e. The van der Waals surface area contributed by atoms with Crippen LogP contribution in [0, 0.1) is 6.92 Å². The highest BCUT2D eigenvalue weighted by Gasteiger charge is 2.19. The SMILES string of the molecule is Cc1cc(O)c(Cl)cc1OCc1c(OC(F)F)cccc1-n1nnn(C)c1=O. The molecule has 0 saturated heterocycles. The highest BCUT2D eigenvalue weighted by Crippen LogP contribution is 2.33. The molecule has 0 radical (unpaired) electrons. The molecule has 28 heavy (non-hydrogen) atoms. The first kappa shape index (κ1) is 19.6. The molecule has 3 rings (SSSR count). The number of aromatic hydroxyl groups is 1. The van der Waals surface area contributed by atoms with Crippen molar-refractivity contribution < 1.29 is 23.4 Å². The van der Waals surface area contributed by atoms with Crippen molar-refractivity contribution in [2.45, 2.75) is 20.1 Å². The molecule has 1 heterocycles. The highest BCUT2D eigenvalue weighted by molar-refractivity contribution is 6.32. The largest absolute Gasteiger partial charge is 0.506 e. The normalized spacial score (nSPS) is 11.1. The van der Waals surface area contributed by atoms with Crippen LogP contribution in [0.15, 0.2) is 35.1 Å². The van der Waals surface area contributed by atoms with Crippen LogP contribution in [0.4, 0.5) is 8.78 Å². The summed E-state index contributed by atoms with van der Waals surface area (Å²) in [4.78, 5) is 12.2. The summed E-state index contributed by atoms with van der Waals surface area (Å²) >= 11 is 5.90. The summed E-state index contributed by atoms with van der Waals surface area (Å²) in [5.74, 6) is 0.0411. The third kappa shape index (κ3) is 3.91. The highest BCUT2D eigenvalue weighted by atomic mass is 35.5. The number of ether oxygens (including phenoxy) is 2. The van der Waals surface area contributed by atoms with Crippen LogP contribution in [0.1, 0.15) is 11.1 Å². The second-order valence-corrected chi connectivity index (χ2v) is 6.19. The van der Waals surface area contributed by atoms with Crippen molar-refractivity contribution in [2.24, 2.45) is 7.05 Å². The van der Waals surface area contributed by atoms with Crippen LogP contribution in [0.3, 0.4) is 0 Å². The second kappa shape index (κ2) is 7.85. The molecular weight excluding hydrogens is 398 g/mol. The minimum Gasteiger partial charge on any atom is -0.506 e. The molecule has 0 bridgehead atoms. The molecule has 0 aliphatic rings. The van der Waals surface area contributed by atoms with Crippen molar-refractivity contribution >= 4 is 11.6 Å². The number of hydrogen-bond acceptors (Lipinski definition) is 6. The Morgan fingerprint density at radius 3 is 2.64 bits per heavy atom. The number of halogens is 3. The van der Waals surface area contributed by atoms with E-state index < -0.39 is 12.3 Å². The second-order valence-electron chi connectivity index (χ2n) is 5.79. The van der Waals surface area contributed by atoms with Gasteiger partial charge in [0.05, 0.1) is 16.3 Å². The molecule has 1 aromatic heterocycles. The van der Waals surface area contributed by atoms with Gasteiger partial charge in [-0.1, -0.05) is 17.7 Å². The topological polar surface area (TPSA) is 91.4 Å². The lowest BCUT2D eigenvalue weighted by molar-refractivity contribution is -0.0508. The Morgan fingerprint density at radius 2 is 2.00 bits per heavy atom. The van der Waals surface area contributed by atoms with E-state index in [2.05, 4.69) is 15.2 Å². The van der Waals surface area contributed by atoms with Crippen molar-refractivity contribution in [3.8, 4) is 22.9 Å². The first-order valence-corrected chi connectivity index (χ1v) is 8.33. The Balaban J connectivity index is 2.03. The van der Waals surface area contributed by atoms with E-state index >= 15 is 0 Å². The molecule has 0 saturated carbocycles. The third-order valence-corrected chi connectivity index (χ3v) is 4.19. The molecule has 2 aromatic carbocycles. The summed E-state index contributed by atoms with van der Waals surface area (Å²) in [7, 11) is 1.41. The van der Waals surface area contributed by atoms with Gasteiger partial charge in [-0.05, 0) is 41.1 Å². The molecule has 0 atom stereocenters. The van der Waals surface area contributed by atoms with E-state index in [0.29, 0.717) is 11.3 Å². The Kier molecular flexibility index (Phi) is 5.50. The van der Waals surface area contributed by atoms with Crippen LogP contribution in [-0.2, 0) is 13.7 Å². The minimum atomic E-state index is -3.07. The number of nitrogens with zero attached hydrogens (tertiary/aromatic N) is 4. The molecule has 0 fully saturated rings. The maximum atomic E-state index is 12.8. The Hall–Kier alpha value is -3.14. The zero-order valence-corrected chi connectivity index (χ0v) is 15.5. The Morgan fingerprint density at radius 1 is 1.25 bits per heavy atom. The summed E-state index contributed by atoms with van der Waals surface area (Å²) in [5, 5.41) is 17.1. The number of rotatable bonds is 6. The third-order valence-electron chi connectivity index (χ3n) is 3.89. The molecular formula is C17H15ClF2N4O4. The lowest BCUT2D eigenvalue weighted by Crippen LogP contribution is -2.23. The van der Waals surface area contributed by atoms with Crippen LogP contribution in [-0.4, -0.2) is 31.5 Å². The number of alkyl halides is 2. The van der Waals surface area contributed by atoms with E-state index in [1.54, 1.807) is 6.92 Å². The van der Waals surface area contributed by atoms with E-state index in [4.69, 9.17) is 16.3 Å². The van der Waals surface area contributed by atoms with Crippen LogP contribution in [0.25, 0.3) is 5.69 Å². The van der Waals surface area contributed by atoms with Gasteiger partial charge < -0.3 is 14.6 Å². The molecule has 0 amide bonds. The van der Waals surface area contributed by atoms with E-state index in [1.165, 1.54) is 37.4 Å². The Labute approximate surface area is 162 Å². The van der Waals surface area contributed by atoms with Crippen molar-refractivity contribution in [2.75, 3.05) is 0 Å². The van der Waals surface area contributed by atoms with E-state index in [9.17, 15) is 18.7 Å². The molecule has 1 N–H and O–H groups in total. The van der Waals surface area contributed by atoms with Crippen molar-refractivity contribution in [3.63, 3.8) is 0 Å². The van der Waals surface area contributed by atoms with Crippen LogP contribution >= 0.6 is 11.6 Å². The number of benzene rings is 2. The predicted molar refractivity (Wildman–Crippen MR) is 95.4 cm³/mol. The average molecular weight is 413 g/mol. The monoisotopic (exact) mass is 412 g/mol. The summed E-state index contributed by atoms with van der Waals surface area (Å²) in [6, 6.07) is 7.08. The van der Waals surface area contributed by atoms with Crippen LogP contribution < -0.4 is 15.2 Å². The van der Waals surface area contributed by atoms with Gasteiger partial charge in [0.2, 0.25) is 0 Å². The van der Waals surface area contributed by atoms with Gasteiger partial charge in [-0.15, -0.1) is 0 Å². The number of aryl methyl sites for hydroxylation is 2. The molecule has 11 heteroatoms. The van der Waals surface area contributed by atoms with Crippen molar-refractivity contribution in [1.29, 1.82) is 0 Å². The fourth-order valence-corrected chi connectivity index (χ4v) is 2.68. The molecule has 148 valence electrons. The fourth-order valence-electron chi connectivity index (χ4n) is 2.52. The van der Waals surface area contributed by atoms with Gasteiger partial charge in [0.25, 0.3) is 0 Å². The molecule has 8 nitrogen and oxygen atoms in total. The van der Waals surface area contributed by atoms with Gasteiger partial charge in [-0.3, -0.25) is 0 Å². The van der Waals surface area contributed by atoms with E-state index in [1.807, 2.05) is 0 Å². The van der Waals surface area contributed by atoms with Gasteiger partial charge in [-0.2, -0.15) is 18.1 Å². The molecule has 0 unspecified atom stereocenters. The zero-order chi connectivity index (χ0) is 20.4. The van der Waals surface area contributed by atoms with Gasteiger partial charge in [0, 0.05) is 13.1 Å². The first-order valence-electron chi connectivity index (χ1n) is 7.96. The maximum absolute atomic E-state index is 12.8. The van der Waals surface area contributed by atoms with Crippen molar-refractivity contribution in [1.82, 2.24) is 19.8 Å². The predicted octanol–water partition coefficient (Wildman–Crippen LogP) is 2.81. The lowest BCUT2D eigenvalue weighted by Gasteiger charge is -2.16. The van der Waals surface area contributed by atoms with Gasteiger partial charge in [-0.25, -0.2) is 4.79 Å². The van der Waals surface area contributed by atoms with Crippen molar-refractivity contribution in [3.05, 3.63) is 57.0 Å². The minimum absolute atomic E-state index is 0.0723. The Bertz CT molecular complexity index is 1070. The van der Waals surface area contributed by atoms with E-state index in [0.717, 1.165) is 9.36 Å². The average Bonchev–Trinajstić information content (AvgIpc) is 2.96. The number of tetrazole rings is 1. The fraction of sp³-hybridized carbons (Fsp3) is 0.235. The maximum Gasteiger partial charge on any atom is 0.387 e. The quantitative estimate of drug-likeness (QED) is 0.669. The summed E-state index contributed by atoms with van der Waals surface area (Å²) < 4.78 is 37.9. The van der Waals surface area contributed by atoms with E-state index in [-0.39, 0.29) is 34.4 Å². The van der Waals surface area contributed by atoms with Gasteiger partial charge >= 0.3 is 12.3 Å². The summed E-state index contributed by atoms with van der Waals surface area (Å²) in [6.07, 6.45) is 0. The molecule has 0 aliphatic carbocycles. The standard InChI is InChI=1S/C17H15ClF2N4O4/c1-9-6-13(25)11(18)7-15(9)27-8-10-12(24-17(26)23(2)21-22-24)4-3-5-14(10)28-16(19)20/h3-7,16,25H,8H2,1-2H3. The van der Waals surface area contributed by atoms with Crippen LogP contribution in [0.5, 0.6) is 17.2 Å². The first-order chi connectivity index (χ1) is 13.3. The van der Waals surface area contributed by atoms with Gasteiger partial charge in [0.15, 0.2) is 0 Å². The number of aromatic nitrogens is 4. The van der Waals surface area contributed by atoms with Crippen LogP contribution in [0.2, 0.25) is 5.02 Å².